The van der Waals surface area contributed by atoms with Crippen LogP contribution in [0.5, 0.6) is 11.5 Å². The number of halogens is 1. The monoisotopic (exact) mass is 438 g/mol. The maximum atomic E-state index is 12.9. The number of likely N-dealkylation sites (tertiary alicyclic amines) is 1. The minimum Gasteiger partial charge on any atom is -0.497 e. The highest BCUT2D eigenvalue weighted by Crippen LogP contribution is 2.28. The Kier molecular flexibility index (Phi) is 7.40. The van der Waals surface area contributed by atoms with Gasteiger partial charge in [-0.05, 0) is 61.8 Å². The first kappa shape index (κ1) is 21.9. The van der Waals surface area contributed by atoms with Crippen molar-refractivity contribution in [3.05, 3.63) is 53.1 Å². The molecule has 0 bridgehead atoms. The molecule has 0 amide bonds. The van der Waals surface area contributed by atoms with Gasteiger partial charge in [0.25, 0.3) is 0 Å². The van der Waals surface area contributed by atoms with Crippen LogP contribution in [0, 0.1) is 0 Å². The van der Waals surface area contributed by atoms with E-state index >= 15 is 0 Å². The Balaban J connectivity index is 1.80. The van der Waals surface area contributed by atoms with Crippen LogP contribution in [0.1, 0.15) is 30.9 Å². The van der Waals surface area contributed by atoms with Crippen molar-refractivity contribution in [1.29, 1.82) is 0 Å². The van der Waals surface area contributed by atoms with Crippen LogP contribution < -0.4 is 14.2 Å². The Morgan fingerprint density at radius 3 is 2.31 bits per heavy atom. The molecule has 1 aliphatic rings. The summed E-state index contributed by atoms with van der Waals surface area (Å²) >= 11 is 6.11. The first-order chi connectivity index (χ1) is 13.9. The zero-order valence-electron chi connectivity index (χ0n) is 16.7. The largest absolute Gasteiger partial charge is 0.497 e. The van der Waals surface area contributed by atoms with Crippen molar-refractivity contribution >= 4 is 21.6 Å². The number of hydrogen-bond donors (Lipinski definition) is 1. The van der Waals surface area contributed by atoms with Gasteiger partial charge in [0.1, 0.15) is 11.5 Å². The van der Waals surface area contributed by atoms with Gasteiger partial charge in [0.15, 0.2) is 0 Å². The number of sulfonamides is 1. The number of benzene rings is 2. The minimum absolute atomic E-state index is 0.0512. The van der Waals surface area contributed by atoms with Crippen LogP contribution in [0.4, 0.5) is 0 Å². The minimum atomic E-state index is -3.70. The van der Waals surface area contributed by atoms with Crippen LogP contribution in [0.3, 0.4) is 0 Å². The van der Waals surface area contributed by atoms with Crippen molar-refractivity contribution in [2.75, 3.05) is 33.9 Å². The predicted molar refractivity (Wildman–Crippen MR) is 114 cm³/mol. The summed E-state index contributed by atoms with van der Waals surface area (Å²) in [5.41, 5.74) is 1.06. The molecular formula is C21H27ClN2O4S. The molecule has 6 nitrogen and oxygen atoms in total. The molecule has 29 heavy (non-hydrogen) atoms. The fourth-order valence-corrected chi connectivity index (χ4v) is 4.99. The second-order valence-corrected chi connectivity index (χ2v) is 9.21. The normalized spacial score (nSPS) is 16.4. The van der Waals surface area contributed by atoms with E-state index in [1.54, 1.807) is 13.2 Å². The third kappa shape index (κ3) is 5.42. The zero-order chi connectivity index (χ0) is 20.9. The highest BCUT2D eigenvalue weighted by molar-refractivity contribution is 7.89. The van der Waals surface area contributed by atoms with Crippen LogP contribution in [-0.4, -0.2) is 47.2 Å². The van der Waals surface area contributed by atoms with Crippen molar-refractivity contribution in [1.82, 2.24) is 9.62 Å². The van der Waals surface area contributed by atoms with Gasteiger partial charge in [0, 0.05) is 12.6 Å². The zero-order valence-corrected chi connectivity index (χ0v) is 18.3. The Hall–Kier alpha value is -1.80. The molecule has 0 aromatic heterocycles. The molecular weight excluding hydrogens is 412 g/mol. The summed E-state index contributed by atoms with van der Waals surface area (Å²) in [7, 11) is -0.582. The molecule has 2 aromatic rings. The molecule has 158 valence electrons. The average molecular weight is 439 g/mol. The van der Waals surface area contributed by atoms with Crippen LogP contribution in [-0.2, 0) is 10.0 Å². The second kappa shape index (κ2) is 9.80. The summed E-state index contributed by atoms with van der Waals surface area (Å²) in [6.45, 7) is 2.18. The van der Waals surface area contributed by atoms with Crippen LogP contribution in [0.2, 0.25) is 5.02 Å². The van der Waals surface area contributed by atoms with Crippen molar-refractivity contribution in [3.8, 4) is 11.5 Å². The van der Waals surface area contributed by atoms with Gasteiger partial charge in [-0.1, -0.05) is 30.2 Å². The van der Waals surface area contributed by atoms with Gasteiger partial charge in [0.05, 0.1) is 24.1 Å². The summed E-state index contributed by atoms with van der Waals surface area (Å²) in [6, 6.07) is 12.2. The van der Waals surface area contributed by atoms with E-state index < -0.39 is 10.0 Å². The Morgan fingerprint density at radius 1 is 1.03 bits per heavy atom. The topological polar surface area (TPSA) is 67.9 Å². The Morgan fingerprint density at radius 2 is 1.72 bits per heavy atom. The van der Waals surface area contributed by atoms with Gasteiger partial charge in [-0.2, -0.15) is 0 Å². The van der Waals surface area contributed by atoms with Crippen LogP contribution in [0.15, 0.2) is 47.4 Å². The lowest BCUT2D eigenvalue weighted by atomic mass is 10.0. The van der Waals surface area contributed by atoms with Crippen LogP contribution in [0.25, 0.3) is 0 Å². The molecule has 2 aromatic carbocycles. The van der Waals surface area contributed by atoms with E-state index in [-0.39, 0.29) is 22.5 Å². The maximum Gasteiger partial charge on any atom is 0.240 e. The molecule has 0 radical (unpaired) electrons. The molecule has 1 aliphatic heterocycles. The number of nitrogens with one attached hydrogen (secondary N) is 1. The standard InChI is InChI=1S/C21H27ClN2O4S/c1-27-17-8-6-16(7-9-17)20(24-12-4-3-5-13-24)15-23-29(25,26)18-10-11-21(28-2)19(22)14-18/h6-11,14,20,23H,3-5,12-13,15H2,1-2H3. The molecule has 1 saturated heterocycles. The summed E-state index contributed by atoms with van der Waals surface area (Å²) in [6.07, 6.45) is 3.45. The predicted octanol–water partition coefficient (Wildman–Crippen LogP) is 3.86. The van der Waals surface area contributed by atoms with Crippen molar-refractivity contribution in [3.63, 3.8) is 0 Å². The smallest absolute Gasteiger partial charge is 0.240 e. The van der Waals surface area contributed by atoms with E-state index in [2.05, 4.69) is 9.62 Å². The third-order valence-corrected chi connectivity index (χ3v) is 6.95. The van der Waals surface area contributed by atoms with E-state index in [1.807, 2.05) is 24.3 Å². The molecule has 1 N–H and O–H groups in total. The fraction of sp³-hybridized carbons (Fsp3) is 0.429. The van der Waals surface area contributed by atoms with E-state index in [0.29, 0.717) is 5.75 Å². The summed E-state index contributed by atoms with van der Waals surface area (Å²) in [4.78, 5) is 2.46. The number of ether oxygens (including phenoxy) is 2. The van der Waals surface area contributed by atoms with E-state index in [9.17, 15) is 8.42 Å². The van der Waals surface area contributed by atoms with Gasteiger partial charge in [-0.15, -0.1) is 0 Å². The number of methoxy groups -OCH3 is 2. The highest BCUT2D eigenvalue weighted by Gasteiger charge is 2.25. The van der Waals surface area contributed by atoms with Gasteiger partial charge in [-0.3, -0.25) is 4.90 Å². The van der Waals surface area contributed by atoms with E-state index in [4.69, 9.17) is 21.1 Å². The van der Waals surface area contributed by atoms with Crippen molar-refractivity contribution in [2.24, 2.45) is 0 Å². The number of nitrogens with zero attached hydrogens (tertiary/aromatic N) is 1. The van der Waals surface area contributed by atoms with Crippen LogP contribution >= 0.6 is 11.6 Å². The summed E-state index contributed by atoms with van der Waals surface area (Å²) in [5.74, 6) is 1.22. The van der Waals surface area contributed by atoms with Gasteiger partial charge in [-0.25, -0.2) is 13.1 Å². The molecule has 0 aliphatic carbocycles. The average Bonchev–Trinajstić information content (AvgIpc) is 2.75. The molecule has 1 unspecified atom stereocenters. The molecule has 3 rings (SSSR count). The lowest BCUT2D eigenvalue weighted by molar-refractivity contribution is 0.164. The Labute approximate surface area is 177 Å². The highest BCUT2D eigenvalue weighted by atomic mass is 35.5. The Bertz CT molecular complexity index is 913. The maximum absolute atomic E-state index is 12.9. The molecule has 0 spiro atoms. The van der Waals surface area contributed by atoms with Gasteiger partial charge < -0.3 is 9.47 Å². The SMILES string of the molecule is COc1ccc(C(CNS(=O)(=O)c2ccc(OC)c(Cl)c2)N2CCCCC2)cc1. The lowest BCUT2D eigenvalue weighted by Crippen LogP contribution is -2.40. The van der Waals surface area contributed by atoms with Gasteiger partial charge >= 0.3 is 0 Å². The quantitative estimate of drug-likeness (QED) is 0.677. The van der Waals surface area contributed by atoms with Crippen molar-refractivity contribution < 1.29 is 17.9 Å². The molecule has 8 heteroatoms. The fourth-order valence-electron chi connectivity index (χ4n) is 3.60. The molecule has 1 atom stereocenters. The van der Waals surface area contributed by atoms with Crippen molar-refractivity contribution in [2.45, 2.75) is 30.2 Å². The first-order valence-corrected chi connectivity index (χ1v) is 11.5. The first-order valence-electron chi connectivity index (χ1n) is 9.66. The summed E-state index contributed by atoms with van der Waals surface area (Å²) < 4.78 is 38.8. The molecule has 1 fully saturated rings. The molecule has 0 saturated carbocycles. The second-order valence-electron chi connectivity index (χ2n) is 7.03. The van der Waals surface area contributed by atoms with E-state index in [0.717, 1.165) is 37.2 Å². The number of rotatable bonds is 8. The molecule has 1 heterocycles. The van der Waals surface area contributed by atoms with E-state index in [1.165, 1.54) is 25.7 Å². The number of piperidine rings is 1. The van der Waals surface area contributed by atoms with Gasteiger partial charge in [0.2, 0.25) is 10.0 Å². The third-order valence-electron chi connectivity index (χ3n) is 5.23. The summed E-state index contributed by atoms with van der Waals surface area (Å²) in [5, 5.41) is 0.262. The lowest BCUT2D eigenvalue weighted by Gasteiger charge is -2.35. The number of hydrogen-bond acceptors (Lipinski definition) is 5.